The van der Waals surface area contributed by atoms with Gasteiger partial charge in [0, 0.05) is 32.3 Å². The van der Waals surface area contributed by atoms with E-state index in [4.69, 9.17) is 19.3 Å². The molecule has 178 valence electrons. The molecule has 3 N–H and O–H groups in total. The van der Waals surface area contributed by atoms with E-state index in [2.05, 4.69) is 0 Å². The molecule has 1 aliphatic heterocycles. The molecule has 1 fully saturated rings. The topological polar surface area (TPSA) is 105 Å². The summed E-state index contributed by atoms with van der Waals surface area (Å²) in [4.78, 5) is 10.6. The summed E-state index contributed by atoms with van der Waals surface area (Å²) in [5.41, 5.74) is 1.85. The summed E-state index contributed by atoms with van der Waals surface area (Å²) in [6, 6.07) is 5.78. The van der Waals surface area contributed by atoms with Gasteiger partial charge in [0.15, 0.2) is 5.79 Å². The standard InChI is InChI=1S/C25H36O7/c1-30-16-18-11-17(12-19(13-18)31-2)15-25(29)10-9-20-21(23(32-25)14-22(20)26)7-5-3-4-6-8-24(27)28/h9-13,20-23,26,29H,3-8,14-16H2,1-2H3,(H,27,28)/t20-,21-,22+,23?,25?/m1/s1. The molecule has 2 aliphatic rings. The van der Waals surface area contributed by atoms with E-state index < -0.39 is 17.9 Å². The Hall–Kier alpha value is -1.93. The Kier molecular flexibility index (Phi) is 8.71. The van der Waals surface area contributed by atoms with Crippen molar-refractivity contribution in [3.05, 3.63) is 41.5 Å². The third-order valence-electron chi connectivity index (χ3n) is 6.53. The summed E-state index contributed by atoms with van der Waals surface area (Å²) in [6.07, 6.45) is 8.29. The maximum absolute atomic E-state index is 11.3. The first-order valence-corrected chi connectivity index (χ1v) is 11.5. The van der Waals surface area contributed by atoms with E-state index in [1.165, 1.54) is 0 Å². The number of carbonyl (C=O) groups is 1. The lowest BCUT2D eigenvalue weighted by Gasteiger charge is -2.30. The van der Waals surface area contributed by atoms with Crippen molar-refractivity contribution in [3.8, 4) is 5.75 Å². The van der Waals surface area contributed by atoms with Crippen LogP contribution in [0, 0.1) is 11.8 Å². The second-order valence-electron chi connectivity index (χ2n) is 9.05. The molecular formula is C25H36O7. The Balaban J connectivity index is 1.64. The van der Waals surface area contributed by atoms with Crippen LogP contribution in [0.25, 0.3) is 0 Å². The molecule has 1 saturated carbocycles. The number of rotatable bonds is 12. The first kappa shape index (κ1) is 24.7. The highest BCUT2D eigenvalue weighted by molar-refractivity contribution is 5.66. The number of hydrogen-bond donors (Lipinski definition) is 3. The summed E-state index contributed by atoms with van der Waals surface area (Å²) < 4.78 is 16.8. The quantitative estimate of drug-likeness (QED) is 0.332. The van der Waals surface area contributed by atoms with Crippen molar-refractivity contribution in [2.45, 2.75) is 76.0 Å². The van der Waals surface area contributed by atoms with E-state index in [9.17, 15) is 15.0 Å². The highest BCUT2D eigenvalue weighted by Crippen LogP contribution is 2.43. The molecule has 5 atom stereocenters. The van der Waals surface area contributed by atoms with E-state index in [1.807, 2.05) is 24.3 Å². The van der Waals surface area contributed by atoms with Gasteiger partial charge in [0.2, 0.25) is 0 Å². The van der Waals surface area contributed by atoms with Crippen molar-refractivity contribution in [2.24, 2.45) is 11.8 Å². The molecular weight excluding hydrogens is 412 g/mol. The molecule has 2 unspecified atom stereocenters. The minimum Gasteiger partial charge on any atom is -0.497 e. The Bertz CT molecular complexity index is 792. The van der Waals surface area contributed by atoms with E-state index in [-0.39, 0.29) is 30.8 Å². The zero-order valence-corrected chi connectivity index (χ0v) is 19.0. The van der Waals surface area contributed by atoms with Gasteiger partial charge in [-0.15, -0.1) is 0 Å². The molecule has 7 nitrogen and oxygen atoms in total. The highest BCUT2D eigenvalue weighted by Gasteiger charge is 2.47. The van der Waals surface area contributed by atoms with Crippen LogP contribution < -0.4 is 4.74 Å². The summed E-state index contributed by atoms with van der Waals surface area (Å²) in [6.45, 7) is 0.449. The number of aliphatic carboxylic acids is 1. The summed E-state index contributed by atoms with van der Waals surface area (Å²) in [5, 5.41) is 30.6. The van der Waals surface area contributed by atoms with Crippen molar-refractivity contribution < 1.29 is 34.3 Å². The minimum atomic E-state index is -1.45. The van der Waals surface area contributed by atoms with Crippen molar-refractivity contribution in [1.82, 2.24) is 0 Å². The zero-order valence-electron chi connectivity index (χ0n) is 19.0. The van der Waals surface area contributed by atoms with Crippen molar-refractivity contribution in [1.29, 1.82) is 0 Å². The van der Waals surface area contributed by atoms with E-state index in [1.54, 1.807) is 20.3 Å². The SMILES string of the molecule is COCc1cc(CC2(O)C=C[C@H]3[C@@H](O)CC(O2)[C@@H]3CCCCCCC(=O)O)cc(OC)c1. The predicted octanol–water partition coefficient (Wildman–Crippen LogP) is 3.45. The molecule has 0 aromatic heterocycles. The second kappa shape index (κ2) is 11.3. The van der Waals surface area contributed by atoms with Crippen LogP contribution in [0.3, 0.4) is 0 Å². The van der Waals surface area contributed by atoms with Crippen LogP contribution in [0.5, 0.6) is 5.75 Å². The van der Waals surface area contributed by atoms with Crippen LogP contribution >= 0.6 is 0 Å². The zero-order chi connectivity index (χ0) is 23.1. The van der Waals surface area contributed by atoms with Gasteiger partial charge >= 0.3 is 5.97 Å². The number of benzene rings is 1. The maximum Gasteiger partial charge on any atom is 0.303 e. The number of methoxy groups -OCH3 is 2. The van der Waals surface area contributed by atoms with Crippen LogP contribution in [0.4, 0.5) is 0 Å². The summed E-state index contributed by atoms with van der Waals surface area (Å²) in [7, 11) is 3.25. The highest BCUT2D eigenvalue weighted by atomic mass is 16.6. The monoisotopic (exact) mass is 448 g/mol. The number of ether oxygens (including phenoxy) is 3. The Morgan fingerprint density at radius 1 is 1.16 bits per heavy atom. The molecule has 3 rings (SSSR count). The number of hydrogen-bond acceptors (Lipinski definition) is 6. The minimum absolute atomic E-state index is 0.0394. The van der Waals surface area contributed by atoms with Gasteiger partial charge < -0.3 is 29.5 Å². The van der Waals surface area contributed by atoms with Gasteiger partial charge in [-0.1, -0.05) is 31.4 Å². The predicted molar refractivity (Wildman–Crippen MR) is 119 cm³/mol. The number of aliphatic hydroxyl groups is 2. The Morgan fingerprint density at radius 2 is 1.91 bits per heavy atom. The van der Waals surface area contributed by atoms with Gasteiger partial charge in [0.1, 0.15) is 5.75 Å². The molecule has 32 heavy (non-hydrogen) atoms. The molecule has 0 saturated heterocycles. The average Bonchev–Trinajstić information content (AvgIpc) is 2.93. The third kappa shape index (κ3) is 6.54. The van der Waals surface area contributed by atoms with Crippen molar-refractivity contribution in [2.75, 3.05) is 14.2 Å². The van der Waals surface area contributed by atoms with E-state index >= 15 is 0 Å². The molecule has 0 amide bonds. The number of carboxylic acid groups (broad SMARTS) is 1. The molecule has 0 radical (unpaired) electrons. The smallest absolute Gasteiger partial charge is 0.303 e. The van der Waals surface area contributed by atoms with E-state index in [0.29, 0.717) is 25.2 Å². The largest absolute Gasteiger partial charge is 0.497 e. The van der Waals surface area contributed by atoms with Gasteiger partial charge in [0.25, 0.3) is 0 Å². The molecule has 7 heteroatoms. The fourth-order valence-electron chi connectivity index (χ4n) is 5.05. The van der Waals surface area contributed by atoms with Crippen LogP contribution in [-0.2, 0) is 27.3 Å². The van der Waals surface area contributed by atoms with Gasteiger partial charge in [-0.3, -0.25) is 4.79 Å². The molecule has 1 heterocycles. The van der Waals surface area contributed by atoms with Crippen molar-refractivity contribution >= 4 is 5.97 Å². The number of aliphatic hydroxyl groups excluding tert-OH is 1. The maximum atomic E-state index is 11.3. The number of fused-ring (bicyclic) bond motifs is 2. The fraction of sp³-hybridized carbons (Fsp3) is 0.640. The van der Waals surface area contributed by atoms with Crippen LogP contribution in [0.1, 0.15) is 56.1 Å². The Morgan fingerprint density at radius 3 is 2.62 bits per heavy atom. The Labute approximate surface area is 190 Å². The average molecular weight is 449 g/mol. The molecule has 1 aromatic rings. The molecule has 1 aliphatic carbocycles. The van der Waals surface area contributed by atoms with Gasteiger partial charge in [-0.2, -0.15) is 0 Å². The first-order chi connectivity index (χ1) is 15.3. The lowest BCUT2D eigenvalue weighted by Crippen LogP contribution is -2.38. The summed E-state index contributed by atoms with van der Waals surface area (Å²) in [5.74, 6) is -1.39. The molecule has 0 spiro atoms. The summed E-state index contributed by atoms with van der Waals surface area (Å²) >= 11 is 0. The fourth-order valence-corrected chi connectivity index (χ4v) is 5.05. The van der Waals surface area contributed by atoms with Gasteiger partial charge in [0.05, 0.1) is 25.9 Å². The van der Waals surface area contributed by atoms with Crippen molar-refractivity contribution in [3.63, 3.8) is 0 Å². The van der Waals surface area contributed by atoms with Crippen LogP contribution in [-0.4, -0.2) is 53.5 Å². The van der Waals surface area contributed by atoms with Crippen LogP contribution in [0.15, 0.2) is 30.4 Å². The van der Waals surface area contributed by atoms with Gasteiger partial charge in [-0.05, 0) is 48.1 Å². The normalized spacial score (nSPS) is 29.1. The van der Waals surface area contributed by atoms with E-state index in [0.717, 1.165) is 36.8 Å². The lowest BCUT2D eigenvalue weighted by molar-refractivity contribution is -0.202. The van der Waals surface area contributed by atoms with Crippen LogP contribution in [0.2, 0.25) is 0 Å². The molecule has 1 aromatic carbocycles. The van der Waals surface area contributed by atoms with Gasteiger partial charge in [-0.25, -0.2) is 0 Å². The molecule has 2 bridgehead atoms. The second-order valence-corrected chi connectivity index (χ2v) is 9.05. The number of carboxylic acids is 1. The first-order valence-electron chi connectivity index (χ1n) is 11.5. The third-order valence-corrected chi connectivity index (χ3v) is 6.53. The number of unbranched alkanes of at least 4 members (excludes halogenated alkanes) is 3. The lowest BCUT2D eigenvalue weighted by atomic mass is 9.88.